The van der Waals surface area contributed by atoms with E-state index in [1.54, 1.807) is 30.3 Å². The van der Waals surface area contributed by atoms with Gasteiger partial charge < -0.3 is 14.9 Å². The molecule has 1 aromatic rings. The average molecular weight is 394 g/mol. The number of halogens is 2. The zero-order chi connectivity index (χ0) is 20.4. The van der Waals surface area contributed by atoms with Crippen LogP contribution in [-0.2, 0) is 4.79 Å². The Kier molecular flexibility index (Phi) is 8.64. The van der Waals surface area contributed by atoms with Crippen molar-refractivity contribution < 1.29 is 28.5 Å². The molecule has 4 nitrogen and oxygen atoms in total. The fourth-order valence-electron chi connectivity index (χ4n) is 3.40. The van der Waals surface area contributed by atoms with Gasteiger partial charge in [-0.05, 0) is 62.1 Å². The van der Waals surface area contributed by atoms with Gasteiger partial charge in [0.25, 0.3) is 5.92 Å². The second-order valence-corrected chi connectivity index (χ2v) is 7.19. The lowest BCUT2D eigenvalue weighted by Gasteiger charge is -2.19. The summed E-state index contributed by atoms with van der Waals surface area (Å²) in [4.78, 5) is 10.5. The molecule has 1 fully saturated rings. The van der Waals surface area contributed by atoms with E-state index in [2.05, 4.69) is 0 Å². The SMILES string of the molecule is O=C(O)CCC/C=C\C[C@@H]1C(/C=C/C(F)(F)COc2ccccc2)CC[C@@H]1O. The van der Waals surface area contributed by atoms with Gasteiger partial charge in [-0.15, -0.1) is 0 Å². The number of ether oxygens (including phenoxy) is 1. The maximum absolute atomic E-state index is 14.1. The van der Waals surface area contributed by atoms with Crippen molar-refractivity contribution in [2.45, 2.75) is 50.6 Å². The first-order chi connectivity index (χ1) is 13.4. The molecule has 0 aliphatic heterocycles. The molecule has 0 saturated heterocycles. The molecule has 0 aromatic heterocycles. The van der Waals surface area contributed by atoms with Gasteiger partial charge >= 0.3 is 5.97 Å². The number of hydrogen-bond acceptors (Lipinski definition) is 3. The van der Waals surface area contributed by atoms with Crippen LogP contribution in [0.5, 0.6) is 5.75 Å². The molecule has 2 N–H and O–H groups in total. The molecule has 1 saturated carbocycles. The Bertz CT molecular complexity index is 658. The molecule has 28 heavy (non-hydrogen) atoms. The van der Waals surface area contributed by atoms with Gasteiger partial charge in [-0.2, -0.15) is 8.78 Å². The van der Waals surface area contributed by atoms with Crippen LogP contribution in [0, 0.1) is 11.8 Å². The molecule has 154 valence electrons. The number of allylic oxidation sites excluding steroid dienone is 3. The molecule has 0 spiro atoms. The highest BCUT2D eigenvalue weighted by molar-refractivity contribution is 5.66. The highest BCUT2D eigenvalue weighted by Gasteiger charge is 2.34. The lowest BCUT2D eigenvalue weighted by atomic mass is 9.90. The molecule has 1 aliphatic carbocycles. The van der Waals surface area contributed by atoms with Crippen molar-refractivity contribution in [3.63, 3.8) is 0 Å². The van der Waals surface area contributed by atoms with Crippen molar-refractivity contribution in [1.82, 2.24) is 0 Å². The van der Waals surface area contributed by atoms with E-state index >= 15 is 0 Å². The summed E-state index contributed by atoms with van der Waals surface area (Å²) in [5.74, 6) is -3.71. The number of aliphatic hydroxyl groups is 1. The lowest BCUT2D eigenvalue weighted by molar-refractivity contribution is -0.137. The van der Waals surface area contributed by atoms with Crippen molar-refractivity contribution in [3.05, 3.63) is 54.6 Å². The molecule has 0 radical (unpaired) electrons. The Labute approximate surface area is 164 Å². The number of aliphatic carboxylic acids is 1. The van der Waals surface area contributed by atoms with Crippen LogP contribution in [0.1, 0.15) is 38.5 Å². The van der Waals surface area contributed by atoms with Crippen molar-refractivity contribution in [2.24, 2.45) is 11.8 Å². The minimum absolute atomic E-state index is 0.0992. The summed E-state index contributed by atoms with van der Waals surface area (Å²) in [5, 5.41) is 18.8. The Morgan fingerprint density at radius 2 is 1.96 bits per heavy atom. The fourth-order valence-corrected chi connectivity index (χ4v) is 3.40. The van der Waals surface area contributed by atoms with E-state index in [-0.39, 0.29) is 18.3 Å². The van der Waals surface area contributed by atoms with Crippen molar-refractivity contribution >= 4 is 5.97 Å². The number of para-hydroxylation sites is 1. The van der Waals surface area contributed by atoms with Crippen LogP contribution in [0.4, 0.5) is 8.78 Å². The van der Waals surface area contributed by atoms with Gasteiger partial charge in [0.2, 0.25) is 0 Å². The predicted molar refractivity (Wildman–Crippen MR) is 103 cm³/mol. The summed E-state index contributed by atoms with van der Waals surface area (Å²) in [6.45, 7) is -0.725. The number of benzene rings is 1. The monoisotopic (exact) mass is 394 g/mol. The third-order valence-corrected chi connectivity index (χ3v) is 4.94. The number of carboxylic acids is 1. The highest BCUT2D eigenvalue weighted by atomic mass is 19.3. The minimum Gasteiger partial charge on any atom is -0.487 e. The quantitative estimate of drug-likeness (QED) is 0.416. The molecular weight excluding hydrogens is 366 g/mol. The number of hydrogen-bond donors (Lipinski definition) is 2. The molecule has 0 heterocycles. The van der Waals surface area contributed by atoms with E-state index in [1.165, 1.54) is 6.08 Å². The molecule has 1 aliphatic rings. The third-order valence-electron chi connectivity index (χ3n) is 4.94. The van der Waals surface area contributed by atoms with Gasteiger partial charge in [0, 0.05) is 6.42 Å². The summed E-state index contributed by atoms with van der Waals surface area (Å²) in [6, 6.07) is 8.50. The molecule has 6 heteroatoms. The van der Waals surface area contributed by atoms with E-state index in [0.29, 0.717) is 37.9 Å². The zero-order valence-corrected chi connectivity index (χ0v) is 15.8. The van der Waals surface area contributed by atoms with Crippen molar-refractivity contribution in [2.75, 3.05) is 6.61 Å². The van der Waals surface area contributed by atoms with Crippen molar-refractivity contribution in [1.29, 1.82) is 0 Å². The van der Waals surface area contributed by atoms with E-state index in [1.807, 2.05) is 12.2 Å². The summed E-state index contributed by atoms with van der Waals surface area (Å²) in [7, 11) is 0. The Hall–Kier alpha value is -2.21. The molecule has 1 aromatic carbocycles. The van der Waals surface area contributed by atoms with Crippen molar-refractivity contribution in [3.8, 4) is 5.75 Å². The minimum atomic E-state index is -3.08. The molecule has 1 unspecified atom stereocenters. The van der Waals surface area contributed by atoms with Crippen LogP contribution in [-0.4, -0.2) is 34.8 Å². The van der Waals surface area contributed by atoms with Crippen LogP contribution < -0.4 is 4.74 Å². The first kappa shape index (κ1) is 22.1. The summed E-state index contributed by atoms with van der Waals surface area (Å²) in [5.41, 5.74) is 0. The van der Waals surface area contributed by atoms with Crippen LogP contribution in [0.15, 0.2) is 54.6 Å². The molecule has 0 amide bonds. The van der Waals surface area contributed by atoms with Gasteiger partial charge in [0.05, 0.1) is 6.10 Å². The zero-order valence-electron chi connectivity index (χ0n) is 15.8. The second kappa shape index (κ2) is 11.0. The first-order valence-corrected chi connectivity index (χ1v) is 9.67. The summed E-state index contributed by atoms with van der Waals surface area (Å²) < 4.78 is 33.4. The second-order valence-electron chi connectivity index (χ2n) is 7.19. The summed E-state index contributed by atoms with van der Waals surface area (Å²) >= 11 is 0. The lowest BCUT2D eigenvalue weighted by Crippen LogP contribution is -2.24. The number of rotatable bonds is 11. The van der Waals surface area contributed by atoms with E-state index < -0.39 is 24.6 Å². The maximum atomic E-state index is 14.1. The fraction of sp³-hybridized carbons (Fsp3) is 0.500. The average Bonchev–Trinajstić information content (AvgIpc) is 3.02. The van der Waals surface area contributed by atoms with Gasteiger partial charge in [-0.1, -0.05) is 36.4 Å². The Morgan fingerprint density at radius 3 is 2.68 bits per heavy atom. The normalized spacial score (nSPS) is 22.9. The number of carbonyl (C=O) groups is 1. The van der Waals surface area contributed by atoms with Gasteiger partial charge in [-0.25, -0.2) is 0 Å². The van der Waals surface area contributed by atoms with Gasteiger partial charge in [0.15, 0.2) is 6.61 Å². The van der Waals surface area contributed by atoms with Crippen LogP contribution in [0.3, 0.4) is 0 Å². The smallest absolute Gasteiger partial charge is 0.303 e. The Morgan fingerprint density at radius 1 is 1.21 bits per heavy atom. The maximum Gasteiger partial charge on any atom is 0.303 e. The molecule has 3 atom stereocenters. The number of alkyl halides is 2. The standard InChI is InChI=1S/C22H28F2O4/c23-22(24,16-28-18-8-4-3-5-9-18)15-14-17-12-13-20(25)19(17)10-6-1-2-7-11-21(26)27/h1,3-6,8-9,14-15,17,19-20,25H,2,7,10-13,16H2,(H,26,27)/b6-1-,15-14+/t17?,19-,20+/m1/s1. The predicted octanol–water partition coefficient (Wildman–Crippen LogP) is 4.85. The van der Waals surface area contributed by atoms with Crippen LogP contribution in [0.2, 0.25) is 0 Å². The Balaban J connectivity index is 1.82. The van der Waals surface area contributed by atoms with Gasteiger partial charge in [0.1, 0.15) is 5.75 Å². The molecule has 0 bridgehead atoms. The molecular formula is C22H28F2O4. The summed E-state index contributed by atoms with van der Waals surface area (Å²) in [6.07, 6.45) is 8.92. The first-order valence-electron chi connectivity index (χ1n) is 9.67. The van der Waals surface area contributed by atoms with Crippen LogP contribution >= 0.6 is 0 Å². The van der Waals surface area contributed by atoms with E-state index in [4.69, 9.17) is 9.84 Å². The highest BCUT2D eigenvalue weighted by Crippen LogP contribution is 2.36. The largest absolute Gasteiger partial charge is 0.487 e. The third kappa shape index (κ3) is 7.80. The number of unbranched alkanes of at least 4 members (excludes halogenated alkanes) is 1. The van der Waals surface area contributed by atoms with E-state index in [9.17, 15) is 18.7 Å². The number of carboxylic acid groups (broad SMARTS) is 1. The molecule has 2 rings (SSSR count). The topological polar surface area (TPSA) is 66.8 Å². The van der Waals surface area contributed by atoms with E-state index in [0.717, 1.165) is 6.08 Å². The van der Waals surface area contributed by atoms with Crippen LogP contribution in [0.25, 0.3) is 0 Å². The number of aliphatic hydroxyl groups excluding tert-OH is 1. The van der Waals surface area contributed by atoms with Gasteiger partial charge in [-0.3, -0.25) is 4.79 Å².